The van der Waals surface area contributed by atoms with Crippen molar-refractivity contribution in [3.8, 4) is 5.75 Å². The van der Waals surface area contributed by atoms with E-state index in [9.17, 15) is 9.59 Å². The zero-order chi connectivity index (χ0) is 26.1. The highest BCUT2D eigenvalue weighted by molar-refractivity contribution is 5.88. The lowest BCUT2D eigenvalue weighted by Crippen LogP contribution is -2.53. The number of amides is 2. The van der Waals surface area contributed by atoms with E-state index in [2.05, 4.69) is 11.4 Å². The highest BCUT2D eigenvalue weighted by Gasteiger charge is 2.31. The van der Waals surface area contributed by atoms with E-state index in [1.807, 2.05) is 101 Å². The molecule has 0 spiro atoms. The second kappa shape index (κ2) is 12.9. The molecule has 2 atom stereocenters. The Labute approximate surface area is 215 Å². The Hall–Kier alpha value is -3.60. The van der Waals surface area contributed by atoms with E-state index in [1.165, 1.54) is 0 Å². The summed E-state index contributed by atoms with van der Waals surface area (Å²) in [7, 11) is 0. The maximum absolute atomic E-state index is 13.7. The average Bonchev–Trinajstić information content (AvgIpc) is 2.85. The summed E-state index contributed by atoms with van der Waals surface area (Å²) in [6.07, 6.45) is 1.23. The first-order chi connectivity index (χ1) is 17.2. The third-order valence-electron chi connectivity index (χ3n) is 6.30. The molecule has 0 radical (unpaired) electrons. The lowest BCUT2D eigenvalue weighted by atomic mass is 10.0. The van der Waals surface area contributed by atoms with Gasteiger partial charge in [-0.1, -0.05) is 73.2 Å². The minimum atomic E-state index is -0.668. The number of hydrogen-bond acceptors (Lipinski definition) is 3. The first kappa shape index (κ1) is 27.0. The van der Waals surface area contributed by atoms with Crippen molar-refractivity contribution >= 4 is 11.8 Å². The van der Waals surface area contributed by atoms with E-state index in [0.717, 1.165) is 34.2 Å². The lowest BCUT2D eigenvalue weighted by molar-refractivity contribution is -0.143. The largest absolute Gasteiger partial charge is 0.484 e. The zero-order valence-corrected chi connectivity index (χ0v) is 22.1. The normalized spacial score (nSPS) is 12.5. The van der Waals surface area contributed by atoms with Crippen molar-refractivity contribution in [2.75, 3.05) is 6.61 Å². The third kappa shape index (κ3) is 7.98. The molecule has 190 valence electrons. The van der Waals surface area contributed by atoms with Gasteiger partial charge >= 0.3 is 0 Å². The van der Waals surface area contributed by atoms with E-state index in [4.69, 9.17) is 4.74 Å². The predicted octanol–water partition coefficient (Wildman–Crippen LogP) is 5.55. The Balaban J connectivity index is 1.91. The molecule has 5 heteroatoms. The molecular weight excluding hydrogens is 448 g/mol. The van der Waals surface area contributed by atoms with E-state index in [-0.39, 0.29) is 24.5 Å². The lowest BCUT2D eigenvalue weighted by Gasteiger charge is -2.32. The van der Waals surface area contributed by atoms with Crippen LogP contribution in [0.5, 0.6) is 5.75 Å². The van der Waals surface area contributed by atoms with Crippen molar-refractivity contribution in [1.29, 1.82) is 0 Å². The van der Waals surface area contributed by atoms with Crippen LogP contribution in [0.2, 0.25) is 0 Å². The summed E-state index contributed by atoms with van der Waals surface area (Å²) < 4.78 is 5.93. The van der Waals surface area contributed by atoms with Crippen molar-refractivity contribution in [2.45, 2.75) is 66.1 Å². The molecule has 0 bridgehead atoms. The van der Waals surface area contributed by atoms with Crippen molar-refractivity contribution in [1.82, 2.24) is 10.2 Å². The fourth-order valence-electron chi connectivity index (χ4n) is 4.13. The van der Waals surface area contributed by atoms with E-state index in [1.54, 1.807) is 4.90 Å². The van der Waals surface area contributed by atoms with Crippen LogP contribution in [-0.4, -0.2) is 35.4 Å². The highest BCUT2D eigenvalue weighted by atomic mass is 16.5. The Bertz CT molecular complexity index is 1120. The molecule has 1 N–H and O–H groups in total. The summed E-state index contributed by atoms with van der Waals surface area (Å²) in [5, 5.41) is 3.10. The number of carbonyl (C=O) groups excluding carboxylic acids is 2. The first-order valence-electron chi connectivity index (χ1n) is 12.7. The number of ether oxygens (including phenoxy) is 1. The van der Waals surface area contributed by atoms with Gasteiger partial charge in [0.05, 0.1) is 0 Å². The number of nitrogens with one attached hydrogen (secondary N) is 1. The number of carbonyl (C=O) groups is 2. The molecule has 0 fully saturated rings. The second-order valence-corrected chi connectivity index (χ2v) is 9.64. The summed E-state index contributed by atoms with van der Waals surface area (Å²) in [6, 6.07) is 23.1. The molecule has 0 unspecified atom stereocenters. The van der Waals surface area contributed by atoms with Crippen molar-refractivity contribution in [3.63, 3.8) is 0 Å². The summed E-state index contributed by atoms with van der Waals surface area (Å²) in [5.41, 5.74) is 5.26. The van der Waals surface area contributed by atoms with Gasteiger partial charge in [0.15, 0.2) is 6.61 Å². The van der Waals surface area contributed by atoms with Gasteiger partial charge in [-0.05, 0) is 68.5 Å². The van der Waals surface area contributed by atoms with Gasteiger partial charge in [-0.15, -0.1) is 0 Å². The maximum Gasteiger partial charge on any atom is 0.261 e. The molecule has 0 saturated carbocycles. The van der Waals surface area contributed by atoms with Gasteiger partial charge in [0, 0.05) is 19.0 Å². The minimum Gasteiger partial charge on any atom is -0.484 e. The van der Waals surface area contributed by atoms with Gasteiger partial charge in [0.25, 0.3) is 5.91 Å². The number of benzene rings is 3. The third-order valence-corrected chi connectivity index (χ3v) is 6.30. The first-order valence-corrected chi connectivity index (χ1v) is 12.7. The van der Waals surface area contributed by atoms with Gasteiger partial charge in [0.2, 0.25) is 5.91 Å². The Kier molecular flexibility index (Phi) is 9.69. The Morgan fingerprint density at radius 3 is 2.11 bits per heavy atom. The van der Waals surface area contributed by atoms with Crippen molar-refractivity contribution in [2.24, 2.45) is 0 Å². The summed E-state index contributed by atoms with van der Waals surface area (Å²) >= 11 is 0. The highest BCUT2D eigenvalue weighted by Crippen LogP contribution is 2.19. The zero-order valence-electron chi connectivity index (χ0n) is 22.1. The number of aryl methyl sites for hydroxylation is 3. The molecule has 0 aromatic heterocycles. The van der Waals surface area contributed by atoms with E-state index >= 15 is 0 Å². The topological polar surface area (TPSA) is 58.6 Å². The van der Waals surface area contributed by atoms with Crippen LogP contribution in [-0.2, 0) is 22.6 Å². The number of hydrogen-bond donors (Lipinski definition) is 1. The molecule has 3 rings (SSSR count). The molecule has 3 aromatic carbocycles. The van der Waals surface area contributed by atoms with Crippen molar-refractivity contribution < 1.29 is 14.3 Å². The molecule has 0 aliphatic heterocycles. The van der Waals surface area contributed by atoms with E-state index < -0.39 is 6.04 Å². The SMILES string of the molecule is CC[C@@H](C)NC(=O)[C@H](Cc1ccccc1)N(Cc1ccc(C)cc1)C(=O)COc1cc(C)cc(C)c1. The van der Waals surface area contributed by atoms with Crippen LogP contribution in [0.25, 0.3) is 0 Å². The summed E-state index contributed by atoms with van der Waals surface area (Å²) in [4.78, 5) is 28.9. The van der Waals surface area contributed by atoms with Crippen LogP contribution in [0.4, 0.5) is 0 Å². The minimum absolute atomic E-state index is 0.0126. The van der Waals surface area contributed by atoms with Gasteiger partial charge in [-0.3, -0.25) is 9.59 Å². The smallest absolute Gasteiger partial charge is 0.261 e. The maximum atomic E-state index is 13.7. The predicted molar refractivity (Wildman–Crippen MR) is 145 cm³/mol. The van der Waals surface area contributed by atoms with Gasteiger partial charge in [-0.25, -0.2) is 0 Å². The Morgan fingerprint density at radius 1 is 0.861 bits per heavy atom. The van der Waals surface area contributed by atoms with Crippen LogP contribution >= 0.6 is 0 Å². The fraction of sp³-hybridized carbons (Fsp3) is 0.355. The monoisotopic (exact) mass is 486 g/mol. The molecule has 0 saturated heterocycles. The van der Waals surface area contributed by atoms with Gasteiger partial charge < -0.3 is 15.0 Å². The molecule has 5 nitrogen and oxygen atoms in total. The second-order valence-electron chi connectivity index (χ2n) is 9.64. The summed E-state index contributed by atoms with van der Waals surface area (Å²) in [5.74, 6) is 0.273. The molecule has 36 heavy (non-hydrogen) atoms. The van der Waals surface area contributed by atoms with Gasteiger partial charge in [-0.2, -0.15) is 0 Å². The molecule has 0 heterocycles. The van der Waals surface area contributed by atoms with Crippen LogP contribution < -0.4 is 10.1 Å². The summed E-state index contributed by atoms with van der Waals surface area (Å²) in [6.45, 7) is 10.2. The van der Waals surface area contributed by atoms with Crippen LogP contribution in [0.1, 0.15) is 48.1 Å². The van der Waals surface area contributed by atoms with Gasteiger partial charge in [0.1, 0.15) is 11.8 Å². The quantitative estimate of drug-likeness (QED) is 0.387. The molecule has 2 amide bonds. The van der Waals surface area contributed by atoms with Crippen LogP contribution in [0, 0.1) is 20.8 Å². The molecule has 0 aliphatic rings. The van der Waals surface area contributed by atoms with Crippen LogP contribution in [0.3, 0.4) is 0 Å². The number of nitrogens with zero attached hydrogens (tertiary/aromatic N) is 1. The number of rotatable bonds is 11. The van der Waals surface area contributed by atoms with Crippen LogP contribution in [0.15, 0.2) is 72.8 Å². The average molecular weight is 487 g/mol. The molecule has 0 aliphatic carbocycles. The molecule has 3 aromatic rings. The standard InChI is InChI=1S/C31H38N2O3/c1-6-25(5)32-31(35)29(19-26-10-8-7-9-11-26)33(20-27-14-12-22(2)13-15-27)30(34)21-36-28-17-23(3)16-24(4)18-28/h7-18,25,29H,6,19-21H2,1-5H3,(H,32,35)/t25-,29+/m1/s1. The Morgan fingerprint density at radius 2 is 1.50 bits per heavy atom. The van der Waals surface area contributed by atoms with E-state index in [0.29, 0.717) is 18.7 Å². The fourth-order valence-corrected chi connectivity index (χ4v) is 4.13. The van der Waals surface area contributed by atoms with Crippen molar-refractivity contribution in [3.05, 3.63) is 101 Å². The molecular formula is C31H38N2O3.